The van der Waals surface area contributed by atoms with E-state index >= 15 is 0 Å². The Bertz CT molecular complexity index is 1450. The fraction of sp³-hybridized carbons (Fsp3) is 0.725. The minimum Gasteiger partial charge on any atom is -0.462 e. The number of ether oxygens (including phenoxy) is 4. The van der Waals surface area contributed by atoms with Gasteiger partial charge in [0.25, 0.3) is 10.1 Å². The van der Waals surface area contributed by atoms with Gasteiger partial charge < -0.3 is 34.3 Å². The molecule has 1 heterocycles. The molecule has 0 bridgehead atoms. The highest BCUT2D eigenvalue weighted by molar-refractivity contribution is 7.85. The molecule has 13 heteroatoms. The van der Waals surface area contributed by atoms with Gasteiger partial charge in [-0.3, -0.25) is 14.1 Å². The van der Waals surface area contributed by atoms with Gasteiger partial charge in [-0.1, -0.05) is 157 Å². The van der Waals surface area contributed by atoms with E-state index in [1.807, 2.05) is 0 Å². The zero-order chi connectivity index (χ0) is 46.9. The number of hydrogen-bond donors (Lipinski definition) is 4. The van der Waals surface area contributed by atoms with Gasteiger partial charge in [0.15, 0.2) is 12.4 Å². The van der Waals surface area contributed by atoms with Crippen molar-refractivity contribution in [2.45, 2.75) is 218 Å². The van der Waals surface area contributed by atoms with Crippen LogP contribution < -0.4 is 0 Å². The van der Waals surface area contributed by atoms with Crippen LogP contribution in [-0.2, 0) is 38.7 Å². The fourth-order valence-corrected chi connectivity index (χ4v) is 7.68. The molecule has 0 aromatic carbocycles. The third-order valence-electron chi connectivity index (χ3n) is 10.8. The molecule has 6 unspecified atom stereocenters. The van der Waals surface area contributed by atoms with Crippen molar-refractivity contribution in [3.05, 3.63) is 72.9 Å². The number of hydrogen-bond acceptors (Lipinski definition) is 11. The van der Waals surface area contributed by atoms with Gasteiger partial charge >= 0.3 is 11.9 Å². The standard InChI is InChI=1S/C51H86O12S/c1-3-5-7-9-11-13-15-17-19-21-22-24-26-28-30-32-34-36-38-40-47(53)62-44(42-61-51-50(56)49(55)48(54)45(63-51)43-64(57,58)59)41-60-46(52)39-37-35-33-31-29-27-25-23-20-18-16-14-12-10-8-6-4-2/h5,7,11-14,17-20,22,24,44-45,48-51,54-56H,3-4,6,8-10,15-16,21,23,25-43H2,1-2H3,(H,57,58,59)/b7-5-,13-11-,14-12-,19-17-,20-18-,24-22-. The summed E-state index contributed by atoms with van der Waals surface area (Å²) in [5, 5.41) is 30.9. The summed E-state index contributed by atoms with van der Waals surface area (Å²) >= 11 is 0. The van der Waals surface area contributed by atoms with Crippen molar-refractivity contribution >= 4 is 22.1 Å². The van der Waals surface area contributed by atoms with Crippen LogP contribution >= 0.6 is 0 Å². The molecule has 368 valence electrons. The SMILES string of the molecule is CC/C=C\C/C=C\C/C=C\C/C=C\CCCCCCCCC(=O)OC(COC(=O)CCCCCCCCC/C=C\C/C=C\CCCCC)COC1OC(CS(=O)(=O)O)C(O)C(O)C1O. The van der Waals surface area contributed by atoms with Crippen molar-refractivity contribution in [3.8, 4) is 0 Å². The third kappa shape index (κ3) is 34.4. The molecule has 0 radical (unpaired) electrons. The number of aliphatic hydroxyl groups is 3. The van der Waals surface area contributed by atoms with Crippen molar-refractivity contribution in [1.29, 1.82) is 0 Å². The Labute approximate surface area is 387 Å². The minimum atomic E-state index is -4.61. The van der Waals surface area contributed by atoms with Crippen LogP contribution in [0.3, 0.4) is 0 Å². The summed E-state index contributed by atoms with van der Waals surface area (Å²) in [6, 6.07) is 0. The molecule has 1 aliphatic heterocycles. The Morgan fingerprint density at radius 1 is 0.547 bits per heavy atom. The van der Waals surface area contributed by atoms with E-state index in [9.17, 15) is 37.9 Å². The summed E-state index contributed by atoms with van der Waals surface area (Å²) in [6.07, 6.45) is 42.2. The average molecular weight is 923 g/mol. The highest BCUT2D eigenvalue weighted by atomic mass is 32.2. The molecular formula is C51H86O12S. The Morgan fingerprint density at radius 2 is 0.984 bits per heavy atom. The Kier molecular flexibility index (Phi) is 37.3. The lowest BCUT2D eigenvalue weighted by Crippen LogP contribution is -2.60. The third-order valence-corrected chi connectivity index (χ3v) is 11.5. The van der Waals surface area contributed by atoms with Crippen LogP contribution in [0, 0.1) is 0 Å². The van der Waals surface area contributed by atoms with Crippen molar-refractivity contribution in [2.24, 2.45) is 0 Å². The largest absolute Gasteiger partial charge is 0.462 e. The molecule has 12 nitrogen and oxygen atoms in total. The topological polar surface area (TPSA) is 186 Å². The number of aliphatic hydroxyl groups excluding tert-OH is 3. The monoisotopic (exact) mass is 923 g/mol. The summed E-state index contributed by atoms with van der Waals surface area (Å²) in [6.45, 7) is 3.61. The van der Waals surface area contributed by atoms with Crippen LogP contribution in [0.15, 0.2) is 72.9 Å². The van der Waals surface area contributed by atoms with Gasteiger partial charge in [0.1, 0.15) is 36.8 Å². The summed E-state index contributed by atoms with van der Waals surface area (Å²) in [5.74, 6) is -2.02. The normalized spacial score (nSPS) is 20.2. The van der Waals surface area contributed by atoms with Crippen LogP contribution in [0.4, 0.5) is 0 Å². The Morgan fingerprint density at radius 3 is 1.47 bits per heavy atom. The van der Waals surface area contributed by atoms with Gasteiger partial charge in [-0.15, -0.1) is 0 Å². The van der Waals surface area contributed by atoms with Gasteiger partial charge in [0.2, 0.25) is 0 Å². The first-order chi connectivity index (χ1) is 31.0. The van der Waals surface area contributed by atoms with Crippen LogP contribution in [0.25, 0.3) is 0 Å². The van der Waals surface area contributed by atoms with Crippen molar-refractivity contribution < 1.29 is 56.8 Å². The first-order valence-electron chi connectivity index (χ1n) is 24.5. The molecule has 0 aromatic heterocycles. The second-order valence-electron chi connectivity index (χ2n) is 16.7. The predicted octanol–water partition coefficient (Wildman–Crippen LogP) is 10.7. The smallest absolute Gasteiger partial charge is 0.306 e. The Balaban J connectivity index is 2.43. The summed E-state index contributed by atoms with van der Waals surface area (Å²) in [5.41, 5.74) is 0. The first kappa shape index (κ1) is 59.1. The molecule has 0 aromatic rings. The van der Waals surface area contributed by atoms with Gasteiger partial charge in [0, 0.05) is 12.8 Å². The van der Waals surface area contributed by atoms with E-state index in [0.29, 0.717) is 12.8 Å². The van der Waals surface area contributed by atoms with E-state index in [1.54, 1.807) is 0 Å². The molecule has 6 atom stereocenters. The molecular weight excluding hydrogens is 837 g/mol. The number of unbranched alkanes of at least 4 members (excludes halogenated alkanes) is 16. The van der Waals surface area contributed by atoms with Crippen LogP contribution in [-0.4, -0.2) is 96.0 Å². The maximum absolute atomic E-state index is 12.9. The van der Waals surface area contributed by atoms with Crippen molar-refractivity contribution in [1.82, 2.24) is 0 Å². The molecule has 64 heavy (non-hydrogen) atoms. The zero-order valence-corrected chi connectivity index (χ0v) is 40.2. The number of carbonyl (C=O) groups is 2. The summed E-state index contributed by atoms with van der Waals surface area (Å²) in [7, 11) is -4.61. The van der Waals surface area contributed by atoms with Gasteiger partial charge in [-0.2, -0.15) is 8.42 Å². The highest BCUT2D eigenvalue weighted by Crippen LogP contribution is 2.24. The number of allylic oxidation sites excluding steroid dienone is 12. The van der Waals surface area contributed by atoms with Crippen molar-refractivity contribution in [3.63, 3.8) is 0 Å². The molecule has 1 saturated heterocycles. The number of esters is 2. The molecule has 0 amide bonds. The van der Waals surface area contributed by atoms with E-state index in [0.717, 1.165) is 103 Å². The maximum Gasteiger partial charge on any atom is 0.306 e. The van der Waals surface area contributed by atoms with E-state index in [1.165, 1.54) is 38.5 Å². The van der Waals surface area contributed by atoms with Crippen LogP contribution in [0.2, 0.25) is 0 Å². The quantitative estimate of drug-likeness (QED) is 0.0198. The molecule has 1 rings (SSSR count). The van der Waals surface area contributed by atoms with Gasteiger partial charge in [0.05, 0.1) is 6.61 Å². The van der Waals surface area contributed by atoms with Crippen LogP contribution in [0.1, 0.15) is 181 Å². The number of rotatable bonds is 40. The summed E-state index contributed by atoms with van der Waals surface area (Å²) < 4.78 is 54.2. The lowest BCUT2D eigenvalue weighted by Gasteiger charge is -2.40. The summed E-state index contributed by atoms with van der Waals surface area (Å²) in [4.78, 5) is 25.5. The van der Waals surface area contributed by atoms with Crippen LogP contribution in [0.5, 0.6) is 0 Å². The highest BCUT2D eigenvalue weighted by Gasteiger charge is 2.46. The Hall–Kier alpha value is -2.91. The molecule has 0 saturated carbocycles. The predicted molar refractivity (Wildman–Crippen MR) is 256 cm³/mol. The van der Waals surface area contributed by atoms with Crippen molar-refractivity contribution in [2.75, 3.05) is 19.0 Å². The molecule has 1 fully saturated rings. The molecule has 0 spiro atoms. The minimum absolute atomic E-state index is 0.143. The molecule has 1 aliphatic rings. The molecule has 4 N–H and O–H groups in total. The average Bonchev–Trinajstić information content (AvgIpc) is 3.26. The lowest BCUT2D eigenvalue weighted by atomic mass is 10.00. The second kappa shape index (κ2) is 40.4. The number of carbonyl (C=O) groups excluding carboxylic acids is 2. The van der Waals surface area contributed by atoms with Gasteiger partial charge in [-0.05, 0) is 83.5 Å². The fourth-order valence-electron chi connectivity index (χ4n) is 6.99. The molecule has 0 aliphatic carbocycles. The van der Waals surface area contributed by atoms with E-state index in [2.05, 4.69) is 86.8 Å². The van der Waals surface area contributed by atoms with E-state index in [-0.39, 0.29) is 19.4 Å². The zero-order valence-electron chi connectivity index (χ0n) is 39.4. The first-order valence-corrected chi connectivity index (χ1v) is 26.1. The lowest BCUT2D eigenvalue weighted by molar-refractivity contribution is -0.297. The van der Waals surface area contributed by atoms with Gasteiger partial charge in [-0.25, -0.2) is 0 Å². The van der Waals surface area contributed by atoms with E-state index in [4.69, 9.17) is 18.9 Å². The second-order valence-corrected chi connectivity index (χ2v) is 18.2. The van der Waals surface area contributed by atoms with E-state index < -0.39 is 71.2 Å². The maximum atomic E-state index is 12.9.